The standard InChI is InChI=1S/C13H24N2O/c1-11(2)12-6-9-15(10-12)13(16)14-7-4-3-5-8-14/h11-12H,3-10H2,1-2H3. The minimum absolute atomic E-state index is 0.294. The van der Waals surface area contributed by atoms with Gasteiger partial charge in [-0.25, -0.2) is 4.79 Å². The minimum Gasteiger partial charge on any atom is -0.325 e. The molecule has 92 valence electrons. The number of likely N-dealkylation sites (tertiary alicyclic amines) is 2. The molecule has 0 saturated carbocycles. The van der Waals surface area contributed by atoms with Gasteiger partial charge in [0, 0.05) is 26.2 Å². The SMILES string of the molecule is CC(C)C1CCN(C(=O)N2CCCCC2)C1. The summed E-state index contributed by atoms with van der Waals surface area (Å²) in [6.45, 7) is 8.42. The predicted molar refractivity (Wildman–Crippen MR) is 65.3 cm³/mol. The van der Waals surface area contributed by atoms with Crippen LogP contribution < -0.4 is 0 Å². The Morgan fingerprint density at radius 1 is 1.06 bits per heavy atom. The first-order valence-corrected chi connectivity index (χ1v) is 6.72. The molecule has 2 heterocycles. The Morgan fingerprint density at radius 2 is 1.75 bits per heavy atom. The van der Waals surface area contributed by atoms with Crippen LogP contribution in [0.3, 0.4) is 0 Å². The highest BCUT2D eigenvalue weighted by Crippen LogP contribution is 2.25. The van der Waals surface area contributed by atoms with Gasteiger partial charge in [-0.3, -0.25) is 0 Å². The molecule has 0 N–H and O–H groups in total. The van der Waals surface area contributed by atoms with E-state index in [1.54, 1.807) is 0 Å². The van der Waals surface area contributed by atoms with Crippen molar-refractivity contribution >= 4 is 6.03 Å². The van der Waals surface area contributed by atoms with Crippen molar-refractivity contribution < 1.29 is 4.79 Å². The summed E-state index contributed by atoms with van der Waals surface area (Å²) in [4.78, 5) is 16.3. The molecule has 1 atom stereocenters. The van der Waals surface area contributed by atoms with Gasteiger partial charge in [-0.1, -0.05) is 13.8 Å². The second kappa shape index (κ2) is 5.07. The number of piperidine rings is 1. The van der Waals surface area contributed by atoms with E-state index in [2.05, 4.69) is 18.7 Å². The number of hydrogen-bond acceptors (Lipinski definition) is 1. The zero-order chi connectivity index (χ0) is 11.5. The van der Waals surface area contributed by atoms with Crippen molar-refractivity contribution in [1.29, 1.82) is 0 Å². The first kappa shape index (κ1) is 11.7. The lowest BCUT2D eigenvalue weighted by Gasteiger charge is -2.31. The highest BCUT2D eigenvalue weighted by Gasteiger charge is 2.30. The van der Waals surface area contributed by atoms with E-state index in [-0.39, 0.29) is 0 Å². The first-order chi connectivity index (χ1) is 7.68. The normalized spacial score (nSPS) is 26.6. The van der Waals surface area contributed by atoms with E-state index in [1.807, 2.05) is 4.90 Å². The third kappa shape index (κ3) is 2.50. The van der Waals surface area contributed by atoms with Crippen molar-refractivity contribution in [2.24, 2.45) is 11.8 Å². The molecular formula is C13H24N2O. The average Bonchev–Trinajstić information content (AvgIpc) is 2.78. The Balaban J connectivity index is 1.86. The van der Waals surface area contributed by atoms with Crippen LogP contribution in [0.25, 0.3) is 0 Å². The molecule has 2 aliphatic rings. The summed E-state index contributed by atoms with van der Waals surface area (Å²) in [5.74, 6) is 1.42. The first-order valence-electron chi connectivity index (χ1n) is 6.72. The van der Waals surface area contributed by atoms with E-state index < -0.39 is 0 Å². The van der Waals surface area contributed by atoms with Gasteiger partial charge >= 0.3 is 6.03 Å². The van der Waals surface area contributed by atoms with Gasteiger partial charge in [0.05, 0.1) is 0 Å². The van der Waals surface area contributed by atoms with Gasteiger partial charge in [0.25, 0.3) is 0 Å². The smallest absolute Gasteiger partial charge is 0.320 e. The lowest BCUT2D eigenvalue weighted by Crippen LogP contribution is -2.44. The van der Waals surface area contributed by atoms with Gasteiger partial charge in [0.1, 0.15) is 0 Å². The van der Waals surface area contributed by atoms with Crippen LogP contribution in [0.4, 0.5) is 4.79 Å². The van der Waals surface area contributed by atoms with Gasteiger partial charge in [0.15, 0.2) is 0 Å². The molecule has 0 spiro atoms. The molecule has 0 aromatic heterocycles. The van der Waals surface area contributed by atoms with Crippen molar-refractivity contribution in [2.75, 3.05) is 26.2 Å². The van der Waals surface area contributed by atoms with Gasteiger partial charge in [-0.2, -0.15) is 0 Å². The zero-order valence-corrected chi connectivity index (χ0v) is 10.6. The lowest BCUT2D eigenvalue weighted by atomic mass is 9.95. The number of hydrogen-bond donors (Lipinski definition) is 0. The summed E-state index contributed by atoms with van der Waals surface area (Å²) in [5, 5.41) is 0. The highest BCUT2D eigenvalue weighted by atomic mass is 16.2. The average molecular weight is 224 g/mol. The molecule has 16 heavy (non-hydrogen) atoms. The molecule has 2 saturated heterocycles. The molecule has 2 rings (SSSR count). The van der Waals surface area contributed by atoms with Crippen molar-refractivity contribution in [3.8, 4) is 0 Å². The highest BCUT2D eigenvalue weighted by molar-refractivity contribution is 5.74. The van der Waals surface area contributed by atoms with Crippen LogP contribution in [-0.4, -0.2) is 42.0 Å². The van der Waals surface area contributed by atoms with Gasteiger partial charge in [-0.05, 0) is 37.5 Å². The second-order valence-electron chi connectivity index (χ2n) is 5.57. The van der Waals surface area contributed by atoms with Crippen molar-refractivity contribution in [1.82, 2.24) is 9.80 Å². The Hall–Kier alpha value is -0.730. The van der Waals surface area contributed by atoms with E-state index in [0.29, 0.717) is 17.9 Å². The van der Waals surface area contributed by atoms with Crippen LogP contribution in [-0.2, 0) is 0 Å². The Kier molecular flexibility index (Phi) is 3.72. The molecule has 1 unspecified atom stereocenters. The van der Waals surface area contributed by atoms with Gasteiger partial charge < -0.3 is 9.80 Å². The number of nitrogens with zero attached hydrogens (tertiary/aromatic N) is 2. The molecule has 2 fully saturated rings. The van der Waals surface area contributed by atoms with E-state index in [0.717, 1.165) is 26.2 Å². The number of amides is 2. The summed E-state index contributed by atoms with van der Waals surface area (Å²) in [7, 11) is 0. The topological polar surface area (TPSA) is 23.6 Å². The molecule has 3 heteroatoms. The predicted octanol–water partition coefficient (Wildman–Crippen LogP) is 2.57. The van der Waals surface area contributed by atoms with Crippen LogP contribution >= 0.6 is 0 Å². The molecule has 0 radical (unpaired) electrons. The summed E-state index contributed by atoms with van der Waals surface area (Å²) in [6.07, 6.45) is 4.86. The summed E-state index contributed by atoms with van der Waals surface area (Å²) < 4.78 is 0. The maximum absolute atomic E-state index is 12.2. The maximum atomic E-state index is 12.2. The lowest BCUT2D eigenvalue weighted by molar-refractivity contribution is 0.150. The van der Waals surface area contributed by atoms with E-state index in [1.165, 1.54) is 25.7 Å². The third-order valence-corrected chi connectivity index (χ3v) is 4.06. The van der Waals surface area contributed by atoms with E-state index >= 15 is 0 Å². The maximum Gasteiger partial charge on any atom is 0.320 e. The van der Waals surface area contributed by atoms with Crippen LogP contribution in [0.1, 0.15) is 39.5 Å². The molecule has 3 nitrogen and oxygen atoms in total. The van der Waals surface area contributed by atoms with Crippen molar-refractivity contribution in [3.05, 3.63) is 0 Å². The molecule has 0 bridgehead atoms. The second-order valence-corrected chi connectivity index (χ2v) is 5.57. The van der Waals surface area contributed by atoms with Gasteiger partial charge in [-0.15, -0.1) is 0 Å². The van der Waals surface area contributed by atoms with Gasteiger partial charge in [0.2, 0.25) is 0 Å². The molecule has 2 amide bonds. The number of urea groups is 1. The quantitative estimate of drug-likeness (QED) is 0.671. The summed E-state index contributed by atoms with van der Waals surface area (Å²) in [6, 6.07) is 0.294. The molecule has 2 aliphatic heterocycles. The molecular weight excluding hydrogens is 200 g/mol. The molecule has 0 aromatic rings. The fraction of sp³-hybridized carbons (Fsp3) is 0.923. The Bertz CT molecular complexity index is 246. The van der Waals surface area contributed by atoms with Crippen molar-refractivity contribution in [2.45, 2.75) is 39.5 Å². The minimum atomic E-state index is 0.294. The van der Waals surface area contributed by atoms with E-state index in [4.69, 9.17) is 0 Å². The summed E-state index contributed by atoms with van der Waals surface area (Å²) >= 11 is 0. The summed E-state index contributed by atoms with van der Waals surface area (Å²) in [5.41, 5.74) is 0. The fourth-order valence-corrected chi connectivity index (χ4v) is 2.79. The molecule has 0 aliphatic carbocycles. The Labute approximate surface area is 98.8 Å². The fourth-order valence-electron chi connectivity index (χ4n) is 2.79. The van der Waals surface area contributed by atoms with Crippen LogP contribution in [0.15, 0.2) is 0 Å². The largest absolute Gasteiger partial charge is 0.325 e. The number of rotatable bonds is 1. The van der Waals surface area contributed by atoms with Crippen molar-refractivity contribution in [3.63, 3.8) is 0 Å². The monoisotopic (exact) mass is 224 g/mol. The Morgan fingerprint density at radius 3 is 2.31 bits per heavy atom. The van der Waals surface area contributed by atoms with Crippen LogP contribution in [0.2, 0.25) is 0 Å². The van der Waals surface area contributed by atoms with E-state index in [9.17, 15) is 4.79 Å². The van der Waals surface area contributed by atoms with Crippen LogP contribution in [0, 0.1) is 11.8 Å². The zero-order valence-electron chi connectivity index (χ0n) is 10.6. The molecule has 0 aromatic carbocycles. The number of carbonyl (C=O) groups is 1. The van der Waals surface area contributed by atoms with Crippen LogP contribution in [0.5, 0.6) is 0 Å². The number of carbonyl (C=O) groups excluding carboxylic acids is 1. The third-order valence-electron chi connectivity index (χ3n) is 4.06.